The van der Waals surface area contributed by atoms with Crippen molar-refractivity contribution >= 4 is 11.6 Å². The van der Waals surface area contributed by atoms with Crippen LogP contribution in [0.2, 0.25) is 0 Å². The number of rotatable bonds is 6. The Bertz CT molecular complexity index is 445. The molecular weight excluding hydrogens is 238 g/mol. The zero-order valence-electron chi connectivity index (χ0n) is 11.8. The van der Waals surface area contributed by atoms with Gasteiger partial charge in [-0.25, -0.2) is 0 Å². The van der Waals surface area contributed by atoms with Crippen LogP contribution >= 0.6 is 0 Å². The summed E-state index contributed by atoms with van der Waals surface area (Å²) in [5.74, 6) is 0.523. The van der Waals surface area contributed by atoms with E-state index in [1.54, 1.807) is 24.3 Å². The average Bonchev–Trinajstić information content (AvgIpc) is 2.38. The molecule has 0 aliphatic heterocycles. The van der Waals surface area contributed by atoms with Crippen molar-refractivity contribution in [3.05, 3.63) is 29.8 Å². The maximum Gasteiger partial charge on any atom is 0.238 e. The average molecular weight is 259 g/mol. The molecule has 0 saturated heterocycles. The first-order valence-electron chi connectivity index (χ1n) is 6.57. The monoisotopic (exact) mass is 259 g/mol. The van der Waals surface area contributed by atoms with Gasteiger partial charge in [0.05, 0.1) is 18.2 Å². The van der Waals surface area contributed by atoms with E-state index in [2.05, 4.69) is 31.0 Å². The molecule has 0 spiro atoms. The van der Waals surface area contributed by atoms with Gasteiger partial charge < -0.3 is 5.32 Å². The molecule has 0 fully saturated rings. The minimum Gasteiger partial charge on any atom is -0.325 e. The molecule has 0 aromatic heterocycles. The second-order valence-electron chi connectivity index (χ2n) is 4.96. The van der Waals surface area contributed by atoms with Gasteiger partial charge in [0.2, 0.25) is 5.91 Å². The molecule has 0 saturated carbocycles. The van der Waals surface area contributed by atoms with Crippen LogP contribution < -0.4 is 5.32 Å². The minimum atomic E-state index is -0.0211. The maximum absolute atomic E-state index is 11.9. The van der Waals surface area contributed by atoms with Crippen LogP contribution in [0.3, 0.4) is 0 Å². The molecule has 0 radical (unpaired) electrons. The normalized spacial score (nSPS) is 10.5. The maximum atomic E-state index is 11.9. The fourth-order valence-corrected chi connectivity index (χ4v) is 1.85. The molecule has 0 atom stereocenters. The largest absolute Gasteiger partial charge is 0.325 e. The van der Waals surface area contributed by atoms with Crippen molar-refractivity contribution < 1.29 is 4.79 Å². The Morgan fingerprint density at radius 2 is 2.00 bits per heavy atom. The topological polar surface area (TPSA) is 56.1 Å². The summed E-state index contributed by atoms with van der Waals surface area (Å²) in [5.41, 5.74) is 1.32. The highest BCUT2D eigenvalue weighted by molar-refractivity contribution is 5.92. The van der Waals surface area contributed by atoms with E-state index in [4.69, 9.17) is 5.26 Å². The molecule has 4 heteroatoms. The molecule has 0 heterocycles. The lowest BCUT2D eigenvalue weighted by atomic mass is 10.2. The van der Waals surface area contributed by atoms with E-state index in [-0.39, 0.29) is 5.91 Å². The van der Waals surface area contributed by atoms with Crippen molar-refractivity contribution in [2.45, 2.75) is 20.8 Å². The highest BCUT2D eigenvalue weighted by Crippen LogP contribution is 2.09. The smallest absolute Gasteiger partial charge is 0.238 e. The van der Waals surface area contributed by atoms with Crippen molar-refractivity contribution in [3.8, 4) is 6.07 Å². The van der Waals surface area contributed by atoms with Crippen molar-refractivity contribution in [2.75, 3.05) is 25.0 Å². The van der Waals surface area contributed by atoms with Crippen molar-refractivity contribution in [3.63, 3.8) is 0 Å². The van der Waals surface area contributed by atoms with E-state index in [1.807, 2.05) is 6.07 Å². The number of nitrogens with one attached hydrogen (secondary N) is 1. The van der Waals surface area contributed by atoms with Gasteiger partial charge >= 0.3 is 0 Å². The highest BCUT2D eigenvalue weighted by atomic mass is 16.2. The van der Waals surface area contributed by atoms with E-state index in [1.165, 1.54) is 0 Å². The van der Waals surface area contributed by atoms with Crippen molar-refractivity contribution in [1.29, 1.82) is 5.26 Å². The lowest BCUT2D eigenvalue weighted by Crippen LogP contribution is -2.35. The lowest BCUT2D eigenvalue weighted by Gasteiger charge is -2.21. The molecule has 4 nitrogen and oxygen atoms in total. The van der Waals surface area contributed by atoms with E-state index < -0.39 is 0 Å². The Hall–Kier alpha value is -1.86. The first-order chi connectivity index (χ1) is 9.05. The van der Waals surface area contributed by atoms with Gasteiger partial charge in [0, 0.05) is 12.2 Å². The summed E-state index contributed by atoms with van der Waals surface area (Å²) < 4.78 is 0. The summed E-state index contributed by atoms with van der Waals surface area (Å²) in [7, 11) is 0. The van der Waals surface area contributed by atoms with Crippen LogP contribution in [-0.4, -0.2) is 30.4 Å². The molecule has 1 N–H and O–H groups in total. The first-order valence-corrected chi connectivity index (χ1v) is 6.57. The van der Waals surface area contributed by atoms with Gasteiger partial charge in [0.25, 0.3) is 0 Å². The number of amides is 1. The number of carbonyl (C=O) groups is 1. The SMILES string of the molecule is CCN(CC(=O)Nc1ccc(C#N)cc1)CC(C)C. The zero-order valence-corrected chi connectivity index (χ0v) is 11.8. The number of nitrogens with zero attached hydrogens (tertiary/aromatic N) is 2. The third-order valence-corrected chi connectivity index (χ3v) is 2.74. The van der Waals surface area contributed by atoms with Gasteiger partial charge in [-0.3, -0.25) is 9.69 Å². The van der Waals surface area contributed by atoms with Gasteiger partial charge in [0.1, 0.15) is 0 Å². The van der Waals surface area contributed by atoms with Gasteiger partial charge in [-0.2, -0.15) is 5.26 Å². The van der Waals surface area contributed by atoms with Gasteiger partial charge in [-0.15, -0.1) is 0 Å². The lowest BCUT2D eigenvalue weighted by molar-refractivity contribution is -0.117. The third-order valence-electron chi connectivity index (χ3n) is 2.74. The molecule has 0 bridgehead atoms. The Kier molecular flexibility index (Phi) is 6.04. The highest BCUT2D eigenvalue weighted by Gasteiger charge is 2.10. The summed E-state index contributed by atoms with van der Waals surface area (Å²) in [6.45, 7) is 8.50. The summed E-state index contributed by atoms with van der Waals surface area (Å²) in [6.07, 6.45) is 0. The fraction of sp³-hybridized carbons (Fsp3) is 0.467. The second-order valence-corrected chi connectivity index (χ2v) is 4.96. The predicted octanol–water partition coefficient (Wildman–Crippen LogP) is 2.47. The van der Waals surface area contributed by atoms with E-state index in [9.17, 15) is 4.79 Å². The molecule has 1 aromatic rings. The standard InChI is InChI=1S/C15H21N3O/c1-4-18(10-12(2)3)11-15(19)17-14-7-5-13(9-16)6-8-14/h5-8,12H,4,10-11H2,1-3H3,(H,17,19). The molecule has 19 heavy (non-hydrogen) atoms. The first kappa shape index (κ1) is 15.2. The molecule has 0 aliphatic rings. The second kappa shape index (κ2) is 7.55. The van der Waals surface area contributed by atoms with Crippen molar-refractivity contribution in [1.82, 2.24) is 4.90 Å². The van der Waals surface area contributed by atoms with Crippen LogP contribution in [0.1, 0.15) is 26.3 Å². The summed E-state index contributed by atoms with van der Waals surface area (Å²) in [6, 6.07) is 8.93. The molecule has 1 aromatic carbocycles. The molecule has 102 valence electrons. The van der Waals surface area contributed by atoms with E-state index >= 15 is 0 Å². The molecular formula is C15H21N3O. The number of hydrogen-bond acceptors (Lipinski definition) is 3. The third kappa shape index (κ3) is 5.54. The minimum absolute atomic E-state index is 0.0211. The number of carbonyl (C=O) groups excluding carboxylic acids is 1. The predicted molar refractivity (Wildman–Crippen MR) is 76.7 cm³/mol. The Balaban J connectivity index is 2.51. The summed E-state index contributed by atoms with van der Waals surface area (Å²) in [4.78, 5) is 14.0. The molecule has 1 amide bonds. The molecule has 1 rings (SSSR count). The van der Waals surface area contributed by atoms with Crippen LogP contribution in [0.15, 0.2) is 24.3 Å². The Morgan fingerprint density at radius 1 is 1.37 bits per heavy atom. The fourth-order valence-electron chi connectivity index (χ4n) is 1.85. The number of anilines is 1. The number of benzene rings is 1. The Labute approximate surface area is 115 Å². The van der Waals surface area contributed by atoms with Crippen LogP contribution in [-0.2, 0) is 4.79 Å². The van der Waals surface area contributed by atoms with E-state index in [0.717, 1.165) is 18.8 Å². The quantitative estimate of drug-likeness (QED) is 0.854. The zero-order chi connectivity index (χ0) is 14.3. The van der Waals surface area contributed by atoms with Crippen LogP contribution in [0.4, 0.5) is 5.69 Å². The molecule has 0 aliphatic carbocycles. The summed E-state index contributed by atoms with van der Waals surface area (Å²) in [5, 5.41) is 11.5. The van der Waals surface area contributed by atoms with Crippen molar-refractivity contribution in [2.24, 2.45) is 5.92 Å². The summed E-state index contributed by atoms with van der Waals surface area (Å²) >= 11 is 0. The van der Waals surface area contributed by atoms with E-state index in [0.29, 0.717) is 18.0 Å². The number of hydrogen-bond donors (Lipinski definition) is 1. The number of nitriles is 1. The van der Waals surface area contributed by atoms with Crippen LogP contribution in [0.5, 0.6) is 0 Å². The van der Waals surface area contributed by atoms with Gasteiger partial charge in [-0.1, -0.05) is 20.8 Å². The van der Waals surface area contributed by atoms with Gasteiger partial charge in [-0.05, 0) is 36.7 Å². The number of likely N-dealkylation sites (N-methyl/N-ethyl adjacent to an activating group) is 1. The molecule has 0 unspecified atom stereocenters. The van der Waals surface area contributed by atoms with Gasteiger partial charge in [0.15, 0.2) is 0 Å². The Morgan fingerprint density at radius 3 is 2.47 bits per heavy atom. The van der Waals surface area contributed by atoms with Crippen LogP contribution in [0.25, 0.3) is 0 Å². The van der Waals surface area contributed by atoms with Crippen LogP contribution in [0, 0.1) is 17.2 Å².